The summed E-state index contributed by atoms with van der Waals surface area (Å²) in [5.41, 5.74) is 7.76. The first-order valence-corrected chi connectivity index (χ1v) is 10.2. The second kappa shape index (κ2) is 9.41. The SMILES string of the molecule is COc1ccc(Oc2nc(-c3cncc(C#N)c3)cnc2NC2CCC(N)CC2)cc1. The standard InChI is InChI=1S/C23H24N6O2/c1-30-19-6-8-20(9-7-19)31-23-22(28-18-4-2-17(25)3-5-18)27-14-21(29-23)16-10-15(11-24)12-26-13-16/h6-10,12-14,17-18H,2-5,25H2,1H3,(H,27,28). The van der Waals surface area contributed by atoms with E-state index in [4.69, 9.17) is 20.5 Å². The van der Waals surface area contributed by atoms with Crippen molar-refractivity contribution < 1.29 is 9.47 Å². The summed E-state index contributed by atoms with van der Waals surface area (Å²) in [5.74, 6) is 2.29. The Morgan fingerprint density at radius 1 is 1.06 bits per heavy atom. The summed E-state index contributed by atoms with van der Waals surface area (Å²) in [4.78, 5) is 13.4. The van der Waals surface area contributed by atoms with Gasteiger partial charge in [-0.3, -0.25) is 4.98 Å². The Labute approximate surface area is 181 Å². The van der Waals surface area contributed by atoms with Crippen molar-refractivity contribution in [1.29, 1.82) is 5.26 Å². The molecule has 8 heteroatoms. The molecule has 158 valence electrons. The number of nitriles is 1. The van der Waals surface area contributed by atoms with E-state index < -0.39 is 0 Å². The average Bonchev–Trinajstić information content (AvgIpc) is 2.82. The third-order valence-corrected chi connectivity index (χ3v) is 5.29. The first-order valence-electron chi connectivity index (χ1n) is 10.2. The highest BCUT2D eigenvalue weighted by atomic mass is 16.5. The minimum atomic E-state index is 0.265. The maximum absolute atomic E-state index is 9.17. The van der Waals surface area contributed by atoms with E-state index in [1.165, 1.54) is 6.20 Å². The van der Waals surface area contributed by atoms with Crippen LogP contribution in [0.2, 0.25) is 0 Å². The molecule has 0 saturated heterocycles. The second-order valence-electron chi connectivity index (χ2n) is 7.52. The highest BCUT2D eigenvalue weighted by Gasteiger charge is 2.21. The molecule has 1 saturated carbocycles. The Morgan fingerprint density at radius 3 is 2.52 bits per heavy atom. The lowest BCUT2D eigenvalue weighted by atomic mass is 9.92. The molecule has 2 aromatic heterocycles. The molecule has 2 heterocycles. The molecule has 4 rings (SSSR count). The average molecular weight is 416 g/mol. The predicted molar refractivity (Wildman–Crippen MR) is 117 cm³/mol. The molecule has 0 radical (unpaired) electrons. The largest absolute Gasteiger partial charge is 0.497 e. The summed E-state index contributed by atoms with van der Waals surface area (Å²) >= 11 is 0. The molecule has 3 aromatic rings. The third kappa shape index (κ3) is 5.08. The number of nitrogens with one attached hydrogen (secondary N) is 1. The highest BCUT2D eigenvalue weighted by molar-refractivity contribution is 5.62. The number of methoxy groups -OCH3 is 1. The van der Waals surface area contributed by atoms with Crippen molar-refractivity contribution in [2.24, 2.45) is 5.73 Å². The molecular formula is C23H24N6O2. The first-order chi connectivity index (χ1) is 15.1. The van der Waals surface area contributed by atoms with Crippen molar-refractivity contribution in [3.05, 3.63) is 54.5 Å². The number of rotatable bonds is 6. The molecule has 0 atom stereocenters. The monoisotopic (exact) mass is 416 g/mol. The number of aromatic nitrogens is 3. The van der Waals surface area contributed by atoms with Crippen LogP contribution >= 0.6 is 0 Å². The van der Waals surface area contributed by atoms with Crippen molar-refractivity contribution in [2.45, 2.75) is 37.8 Å². The van der Waals surface area contributed by atoms with Gasteiger partial charge in [-0.15, -0.1) is 0 Å². The zero-order valence-corrected chi connectivity index (χ0v) is 17.3. The van der Waals surface area contributed by atoms with Gasteiger partial charge in [-0.2, -0.15) is 5.26 Å². The Bertz CT molecular complexity index is 1070. The molecule has 1 aliphatic rings. The van der Waals surface area contributed by atoms with Gasteiger partial charge in [-0.25, -0.2) is 9.97 Å². The Morgan fingerprint density at radius 2 is 1.81 bits per heavy atom. The fourth-order valence-corrected chi connectivity index (χ4v) is 3.53. The van der Waals surface area contributed by atoms with Gasteiger partial charge in [0.15, 0.2) is 5.82 Å². The number of anilines is 1. The van der Waals surface area contributed by atoms with Gasteiger partial charge >= 0.3 is 0 Å². The van der Waals surface area contributed by atoms with Crippen LogP contribution in [0.15, 0.2) is 48.9 Å². The minimum Gasteiger partial charge on any atom is -0.497 e. The zero-order chi connectivity index (χ0) is 21.6. The lowest BCUT2D eigenvalue weighted by Crippen LogP contribution is -2.33. The molecule has 8 nitrogen and oxygen atoms in total. The Hall–Kier alpha value is -3.70. The molecule has 0 aliphatic heterocycles. The van der Waals surface area contributed by atoms with Gasteiger partial charge in [0.1, 0.15) is 17.6 Å². The third-order valence-electron chi connectivity index (χ3n) is 5.29. The summed E-state index contributed by atoms with van der Waals surface area (Å²) in [5, 5.41) is 12.6. The second-order valence-corrected chi connectivity index (χ2v) is 7.52. The molecule has 0 unspecified atom stereocenters. The molecule has 3 N–H and O–H groups in total. The summed E-state index contributed by atoms with van der Waals surface area (Å²) in [7, 11) is 1.62. The van der Waals surface area contributed by atoms with E-state index in [1.54, 1.807) is 25.6 Å². The van der Waals surface area contributed by atoms with Crippen LogP contribution in [0, 0.1) is 11.3 Å². The van der Waals surface area contributed by atoms with Crippen LogP contribution < -0.4 is 20.5 Å². The van der Waals surface area contributed by atoms with Gasteiger partial charge in [-0.05, 0) is 56.0 Å². The van der Waals surface area contributed by atoms with Gasteiger partial charge in [0.2, 0.25) is 0 Å². The lowest BCUT2D eigenvalue weighted by Gasteiger charge is -2.27. The maximum Gasteiger partial charge on any atom is 0.263 e. The molecule has 0 amide bonds. The van der Waals surface area contributed by atoms with Gasteiger partial charge < -0.3 is 20.5 Å². The van der Waals surface area contributed by atoms with E-state index in [0.717, 1.165) is 31.4 Å². The lowest BCUT2D eigenvalue weighted by molar-refractivity contribution is 0.406. The van der Waals surface area contributed by atoms with Crippen LogP contribution in [0.25, 0.3) is 11.3 Å². The fourth-order valence-electron chi connectivity index (χ4n) is 3.53. The van der Waals surface area contributed by atoms with E-state index in [-0.39, 0.29) is 12.1 Å². The molecule has 1 fully saturated rings. The number of nitrogens with zero attached hydrogens (tertiary/aromatic N) is 4. The van der Waals surface area contributed by atoms with Crippen molar-refractivity contribution >= 4 is 5.82 Å². The zero-order valence-electron chi connectivity index (χ0n) is 17.3. The van der Waals surface area contributed by atoms with Gasteiger partial charge in [0.25, 0.3) is 5.88 Å². The van der Waals surface area contributed by atoms with Crippen molar-refractivity contribution in [2.75, 3.05) is 12.4 Å². The van der Waals surface area contributed by atoms with Gasteiger partial charge in [-0.1, -0.05) is 0 Å². The van der Waals surface area contributed by atoms with E-state index in [0.29, 0.717) is 34.3 Å². The summed E-state index contributed by atoms with van der Waals surface area (Å²) in [6.45, 7) is 0. The van der Waals surface area contributed by atoms with Crippen molar-refractivity contribution in [3.63, 3.8) is 0 Å². The Balaban J connectivity index is 1.65. The van der Waals surface area contributed by atoms with Gasteiger partial charge in [0, 0.05) is 30.0 Å². The number of ether oxygens (including phenoxy) is 2. The van der Waals surface area contributed by atoms with E-state index >= 15 is 0 Å². The predicted octanol–water partition coefficient (Wildman–Crippen LogP) is 3.89. The van der Waals surface area contributed by atoms with Crippen LogP contribution in [0.3, 0.4) is 0 Å². The number of pyridine rings is 1. The summed E-state index contributed by atoms with van der Waals surface area (Å²) in [6, 6.07) is 11.6. The van der Waals surface area contributed by atoms with Crippen LogP contribution in [0.4, 0.5) is 5.82 Å². The first kappa shape index (κ1) is 20.6. The van der Waals surface area contributed by atoms with E-state index in [9.17, 15) is 0 Å². The molecular weight excluding hydrogens is 392 g/mol. The molecule has 0 bridgehead atoms. The molecule has 1 aliphatic carbocycles. The van der Waals surface area contributed by atoms with Crippen LogP contribution in [0.5, 0.6) is 17.4 Å². The normalized spacial score (nSPS) is 18.1. The number of nitrogens with two attached hydrogens (primary N) is 1. The van der Waals surface area contributed by atoms with E-state index in [1.807, 2.05) is 24.3 Å². The Kier molecular flexibility index (Phi) is 6.24. The fraction of sp³-hybridized carbons (Fsp3) is 0.304. The number of benzene rings is 1. The molecule has 1 aromatic carbocycles. The van der Waals surface area contributed by atoms with Crippen molar-refractivity contribution in [3.8, 4) is 34.7 Å². The van der Waals surface area contributed by atoms with Crippen LogP contribution in [0.1, 0.15) is 31.2 Å². The van der Waals surface area contributed by atoms with Crippen LogP contribution in [-0.4, -0.2) is 34.1 Å². The topological polar surface area (TPSA) is 119 Å². The van der Waals surface area contributed by atoms with Gasteiger partial charge in [0.05, 0.1) is 24.6 Å². The van der Waals surface area contributed by atoms with Crippen molar-refractivity contribution in [1.82, 2.24) is 15.0 Å². The number of hydrogen-bond acceptors (Lipinski definition) is 8. The van der Waals surface area contributed by atoms with E-state index in [2.05, 4.69) is 26.3 Å². The molecule has 0 spiro atoms. The maximum atomic E-state index is 9.17. The quantitative estimate of drug-likeness (QED) is 0.621. The minimum absolute atomic E-state index is 0.265. The molecule has 31 heavy (non-hydrogen) atoms. The summed E-state index contributed by atoms with van der Waals surface area (Å²) < 4.78 is 11.3. The summed E-state index contributed by atoms with van der Waals surface area (Å²) in [6.07, 6.45) is 8.72. The smallest absolute Gasteiger partial charge is 0.263 e. The highest BCUT2D eigenvalue weighted by Crippen LogP contribution is 2.31. The number of hydrogen-bond donors (Lipinski definition) is 2. The van der Waals surface area contributed by atoms with Crippen LogP contribution in [-0.2, 0) is 0 Å².